The molecule has 0 unspecified atom stereocenters. The van der Waals surface area contributed by atoms with Gasteiger partial charge in [-0.05, 0) is 19.1 Å². The van der Waals surface area contributed by atoms with E-state index in [9.17, 15) is 0 Å². The number of aromatic nitrogens is 1. The van der Waals surface area contributed by atoms with Crippen LogP contribution in [-0.2, 0) is 0 Å². The van der Waals surface area contributed by atoms with Gasteiger partial charge in [-0.3, -0.25) is 0 Å². The standard InChI is InChI=1S/C13H11NO3/c1-2-15-10-4-3-5-11-9(10)8-12(17-11)13-14-6-7-16-13/h3-8H,2H2,1H3. The number of ether oxygens (including phenoxy) is 1. The lowest BCUT2D eigenvalue weighted by atomic mass is 10.2. The lowest BCUT2D eigenvalue weighted by Crippen LogP contribution is -1.90. The molecule has 1 aromatic carbocycles. The largest absolute Gasteiger partial charge is 0.493 e. The molecule has 0 saturated heterocycles. The molecule has 0 fully saturated rings. The zero-order valence-corrected chi connectivity index (χ0v) is 9.34. The summed E-state index contributed by atoms with van der Waals surface area (Å²) in [5.41, 5.74) is 0.768. The minimum absolute atomic E-state index is 0.476. The van der Waals surface area contributed by atoms with Crippen molar-refractivity contribution in [2.24, 2.45) is 0 Å². The van der Waals surface area contributed by atoms with Crippen LogP contribution in [0.15, 0.2) is 45.6 Å². The van der Waals surface area contributed by atoms with E-state index in [2.05, 4.69) is 4.98 Å². The summed E-state index contributed by atoms with van der Waals surface area (Å²) in [7, 11) is 0. The molecule has 0 amide bonds. The van der Waals surface area contributed by atoms with Gasteiger partial charge in [-0.25, -0.2) is 4.98 Å². The fourth-order valence-corrected chi connectivity index (χ4v) is 1.77. The van der Waals surface area contributed by atoms with Gasteiger partial charge in [-0.1, -0.05) is 6.07 Å². The summed E-state index contributed by atoms with van der Waals surface area (Å²) < 4.78 is 16.4. The fourth-order valence-electron chi connectivity index (χ4n) is 1.77. The molecule has 4 heteroatoms. The van der Waals surface area contributed by atoms with Crippen LogP contribution in [0.2, 0.25) is 0 Å². The maximum absolute atomic E-state index is 5.66. The van der Waals surface area contributed by atoms with Gasteiger partial charge in [0.1, 0.15) is 17.6 Å². The Bertz CT molecular complexity index is 625. The van der Waals surface area contributed by atoms with E-state index in [0.29, 0.717) is 18.3 Å². The highest BCUT2D eigenvalue weighted by Crippen LogP contribution is 2.32. The van der Waals surface area contributed by atoms with Crippen molar-refractivity contribution >= 4 is 11.0 Å². The van der Waals surface area contributed by atoms with Gasteiger partial charge >= 0.3 is 0 Å². The average molecular weight is 229 g/mol. The van der Waals surface area contributed by atoms with E-state index >= 15 is 0 Å². The van der Waals surface area contributed by atoms with E-state index in [1.807, 2.05) is 31.2 Å². The molecule has 0 spiro atoms. The third-order valence-corrected chi connectivity index (χ3v) is 2.46. The van der Waals surface area contributed by atoms with E-state index in [-0.39, 0.29) is 0 Å². The molecule has 0 atom stereocenters. The maximum atomic E-state index is 5.66. The highest BCUT2D eigenvalue weighted by Gasteiger charge is 2.12. The summed E-state index contributed by atoms with van der Waals surface area (Å²) in [6.07, 6.45) is 3.11. The zero-order chi connectivity index (χ0) is 11.7. The van der Waals surface area contributed by atoms with Gasteiger partial charge in [0.15, 0.2) is 5.76 Å². The predicted octanol–water partition coefficient (Wildman–Crippen LogP) is 3.49. The summed E-state index contributed by atoms with van der Waals surface area (Å²) >= 11 is 0. The zero-order valence-electron chi connectivity index (χ0n) is 9.34. The molecule has 0 N–H and O–H groups in total. The first kappa shape index (κ1) is 9.96. The molecule has 2 aromatic heterocycles. The predicted molar refractivity (Wildman–Crippen MR) is 62.9 cm³/mol. The molecule has 0 aliphatic carbocycles. The van der Waals surface area contributed by atoms with Gasteiger partial charge in [0, 0.05) is 6.07 Å². The minimum atomic E-state index is 0.476. The highest BCUT2D eigenvalue weighted by molar-refractivity contribution is 5.87. The fraction of sp³-hybridized carbons (Fsp3) is 0.154. The number of benzene rings is 1. The van der Waals surface area contributed by atoms with Gasteiger partial charge in [-0.2, -0.15) is 0 Å². The van der Waals surface area contributed by atoms with Crippen LogP contribution in [0.5, 0.6) is 5.75 Å². The normalized spacial score (nSPS) is 10.9. The van der Waals surface area contributed by atoms with Crippen LogP contribution in [0.4, 0.5) is 0 Å². The number of fused-ring (bicyclic) bond motifs is 1. The Morgan fingerprint density at radius 1 is 1.35 bits per heavy atom. The smallest absolute Gasteiger partial charge is 0.262 e. The number of furan rings is 1. The molecule has 0 aliphatic rings. The second kappa shape index (κ2) is 3.97. The summed E-state index contributed by atoms with van der Waals surface area (Å²) in [6.45, 7) is 2.58. The van der Waals surface area contributed by atoms with Gasteiger partial charge in [0.05, 0.1) is 18.2 Å². The van der Waals surface area contributed by atoms with Crippen molar-refractivity contribution in [3.05, 3.63) is 36.7 Å². The molecule has 0 aliphatic heterocycles. The lowest BCUT2D eigenvalue weighted by Gasteiger charge is -2.02. The summed E-state index contributed by atoms with van der Waals surface area (Å²) in [5.74, 6) is 1.90. The Morgan fingerprint density at radius 3 is 3.06 bits per heavy atom. The third kappa shape index (κ3) is 1.67. The van der Waals surface area contributed by atoms with Crippen LogP contribution >= 0.6 is 0 Å². The monoisotopic (exact) mass is 229 g/mol. The Balaban J connectivity index is 2.15. The van der Waals surface area contributed by atoms with E-state index in [4.69, 9.17) is 13.6 Å². The SMILES string of the molecule is CCOc1cccc2oc(-c3ncco3)cc12. The minimum Gasteiger partial charge on any atom is -0.493 e. The van der Waals surface area contributed by atoms with Crippen molar-refractivity contribution in [3.8, 4) is 17.4 Å². The molecular formula is C13H11NO3. The van der Waals surface area contributed by atoms with Crippen LogP contribution in [0.3, 0.4) is 0 Å². The van der Waals surface area contributed by atoms with Gasteiger partial charge in [-0.15, -0.1) is 0 Å². The molecule has 4 nitrogen and oxygen atoms in total. The van der Waals surface area contributed by atoms with Crippen LogP contribution in [0.25, 0.3) is 22.6 Å². The van der Waals surface area contributed by atoms with Crippen LogP contribution in [-0.4, -0.2) is 11.6 Å². The van der Waals surface area contributed by atoms with Gasteiger partial charge < -0.3 is 13.6 Å². The maximum Gasteiger partial charge on any atom is 0.262 e. The Kier molecular flexibility index (Phi) is 2.33. The van der Waals surface area contributed by atoms with Crippen molar-refractivity contribution < 1.29 is 13.6 Å². The molecular weight excluding hydrogens is 218 g/mol. The first-order chi connectivity index (χ1) is 8.38. The molecule has 0 radical (unpaired) electrons. The molecule has 2 heterocycles. The highest BCUT2D eigenvalue weighted by atomic mass is 16.5. The van der Waals surface area contributed by atoms with Crippen LogP contribution in [0.1, 0.15) is 6.92 Å². The number of rotatable bonds is 3. The topological polar surface area (TPSA) is 48.4 Å². The summed E-state index contributed by atoms with van der Waals surface area (Å²) in [5, 5.41) is 0.933. The van der Waals surface area contributed by atoms with Crippen LogP contribution < -0.4 is 4.74 Å². The molecule has 0 bridgehead atoms. The number of oxazole rings is 1. The Hall–Kier alpha value is -2.23. The van der Waals surface area contributed by atoms with E-state index in [0.717, 1.165) is 16.7 Å². The number of hydrogen-bond donors (Lipinski definition) is 0. The van der Waals surface area contributed by atoms with E-state index < -0.39 is 0 Å². The quantitative estimate of drug-likeness (QED) is 0.689. The first-order valence-corrected chi connectivity index (χ1v) is 5.43. The van der Waals surface area contributed by atoms with Crippen molar-refractivity contribution in [1.82, 2.24) is 4.98 Å². The second-order valence-electron chi connectivity index (χ2n) is 3.55. The Labute approximate surface area is 97.8 Å². The van der Waals surface area contributed by atoms with E-state index in [1.165, 1.54) is 6.26 Å². The lowest BCUT2D eigenvalue weighted by molar-refractivity contribution is 0.344. The molecule has 17 heavy (non-hydrogen) atoms. The Morgan fingerprint density at radius 2 is 2.29 bits per heavy atom. The second-order valence-corrected chi connectivity index (χ2v) is 3.55. The van der Waals surface area contributed by atoms with E-state index in [1.54, 1.807) is 6.20 Å². The summed E-state index contributed by atoms with van der Waals surface area (Å²) in [6, 6.07) is 7.59. The molecule has 3 aromatic rings. The van der Waals surface area contributed by atoms with Crippen LogP contribution in [0, 0.1) is 0 Å². The number of hydrogen-bond acceptors (Lipinski definition) is 4. The molecule has 86 valence electrons. The number of nitrogens with zero attached hydrogens (tertiary/aromatic N) is 1. The third-order valence-electron chi connectivity index (χ3n) is 2.46. The van der Waals surface area contributed by atoms with Crippen molar-refractivity contribution in [2.75, 3.05) is 6.61 Å². The van der Waals surface area contributed by atoms with Crippen molar-refractivity contribution in [3.63, 3.8) is 0 Å². The molecule has 3 rings (SSSR count). The first-order valence-electron chi connectivity index (χ1n) is 5.43. The average Bonchev–Trinajstić information content (AvgIpc) is 2.98. The molecule has 0 saturated carbocycles. The summed E-state index contributed by atoms with van der Waals surface area (Å²) in [4.78, 5) is 4.06. The van der Waals surface area contributed by atoms with Crippen molar-refractivity contribution in [2.45, 2.75) is 6.92 Å². The van der Waals surface area contributed by atoms with Gasteiger partial charge in [0.25, 0.3) is 5.89 Å². The van der Waals surface area contributed by atoms with Crippen molar-refractivity contribution in [1.29, 1.82) is 0 Å². The van der Waals surface area contributed by atoms with Gasteiger partial charge in [0.2, 0.25) is 0 Å².